The van der Waals surface area contributed by atoms with Gasteiger partial charge in [0.05, 0.1) is 18.7 Å². The molecule has 0 aliphatic rings. The number of pyridine rings is 1. The van der Waals surface area contributed by atoms with Gasteiger partial charge in [-0.05, 0) is 6.07 Å². The van der Waals surface area contributed by atoms with Crippen molar-refractivity contribution in [3.63, 3.8) is 0 Å². The highest BCUT2D eigenvalue weighted by Crippen LogP contribution is 2.30. The molecule has 0 amide bonds. The number of methoxy groups -OCH3 is 1. The van der Waals surface area contributed by atoms with Crippen molar-refractivity contribution in [2.75, 3.05) is 20.3 Å². The van der Waals surface area contributed by atoms with Crippen LogP contribution in [0.5, 0.6) is 5.88 Å². The van der Waals surface area contributed by atoms with Gasteiger partial charge >= 0.3 is 0 Å². The van der Waals surface area contributed by atoms with Gasteiger partial charge in [-0.2, -0.15) is 0 Å². The quantitative estimate of drug-likeness (QED) is 0.781. The van der Waals surface area contributed by atoms with Gasteiger partial charge in [0.1, 0.15) is 0 Å². The van der Waals surface area contributed by atoms with Crippen molar-refractivity contribution in [2.24, 2.45) is 5.73 Å². The molecule has 1 aromatic heterocycles. The average Bonchev–Trinajstić information content (AvgIpc) is 2.22. The first-order valence-electron chi connectivity index (χ1n) is 4.23. The van der Waals surface area contributed by atoms with E-state index in [9.17, 15) is 0 Å². The van der Waals surface area contributed by atoms with E-state index in [0.717, 1.165) is 0 Å². The first-order chi connectivity index (χ1) is 6.74. The number of aliphatic hydroxyl groups is 1. The molecule has 0 fully saturated rings. The van der Waals surface area contributed by atoms with Crippen molar-refractivity contribution in [1.82, 2.24) is 4.98 Å². The number of nitrogens with zero attached hydrogens (tertiary/aromatic N) is 1. The monoisotopic (exact) mass is 216 g/mol. The Morgan fingerprint density at radius 2 is 2.43 bits per heavy atom. The molecule has 0 bridgehead atoms. The highest BCUT2D eigenvalue weighted by Gasteiger charge is 2.18. The molecule has 0 saturated carbocycles. The normalized spacial score (nSPS) is 12.6. The number of aliphatic hydroxyl groups excluding tert-OH is 1. The molecule has 1 unspecified atom stereocenters. The number of hydrogen-bond donors (Lipinski definition) is 2. The molecule has 0 spiro atoms. The minimum Gasteiger partial charge on any atom is -0.481 e. The number of halogens is 1. The molecule has 1 atom stereocenters. The van der Waals surface area contributed by atoms with E-state index >= 15 is 0 Å². The molecule has 14 heavy (non-hydrogen) atoms. The Labute approximate surface area is 87.7 Å². The van der Waals surface area contributed by atoms with Gasteiger partial charge in [0.25, 0.3) is 0 Å². The zero-order valence-corrected chi connectivity index (χ0v) is 8.66. The predicted molar refractivity (Wildman–Crippen MR) is 54.7 cm³/mol. The van der Waals surface area contributed by atoms with Crippen molar-refractivity contribution in [2.45, 2.75) is 5.92 Å². The Bertz CT molecular complexity index is 303. The van der Waals surface area contributed by atoms with Gasteiger partial charge in [0, 0.05) is 24.2 Å². The third-order valence-electron chi connectivity index (χ3n) is 2.01. The summed E-state index contributed by atoms with van der Waals surface area (Å²) >= 11 is 5.97. The number of ether oxygens (including phenoxy) is 1. The molecular formula is C9H13ClN2O2. The van der Waals surface area contributed by atoms with Crippen LogP contribution in [0.1, 0.15) is 11.5 Å². The lowest BCUT2D eigenvalue weighted by atomic mass is 10.0. The Balaban J connectivity index is 3.14. The standard InChI is InChI=1S/C9H13ClN2O2/c1-14-9-8(6(4-11)5-13)7(10)2-3-12-9/h2-3,6,13H,4-5,11H2,1H3. The van der Waals surface area contributed by atoms with Crippen LogP contribution in [0.4, 0.5) is 0 Å². The summed E-state index contributed by atoms with van der Waals surface area (Å²) in [7, 11) is 1.51. The van der Waals surface area contributed by atoms with Gasteiger partial charge in [0.15, 0.2) is 0 Å². The van der Waals surface area contributed by atoms with Gasteiger partial charge in [-0.15, -0.1) is 0 Å². The molecule has 1 heterocycles. The largest absolute Gasteiger partial charge is 0.481 e. The van der Waals surface area contributed by atoms with Crippen molar-refractivity contribution in [3.8, 4) is 5.88 Å². The molecule has 0 radical (unpaired) electrons. The first-order valence-corrected chi connectivity index (χ1v) is 4.61. The van der Waals surface area contributed by atoms with Crippen LogP contribution in [-0.4, -0.2) is 30.4 Å². The average molecular weight is 217 g/mol. The third kappa shape index (κ3) is 2.15. The van der Waals surface area contributed by atoms with Gasteiger partial charge in [-0.1, -0.05) is 11.6 Å². The lowest BCUT2D eigenvalue weighted by Crippen LogP contribution is -2.17. The van der Waals surface area contributed by atoms with Gasteiger partial charge in [-0.3, -0.25) is 0 Å². The molecular weight excluding hydrogens is 204 g/mol. The molecule has 4 nitrogen and oxygen atoms in total. The van der Waals surface area contributed by atoms with Crippen LogP contribution >= 0.6 is 11.6 Å². The second kappa shape index (κ2) is 5.14. The lowest BCUT2D eigenvalue weighted by molar-refractivity contribution is 0.263. The molecule has 1 aromatic rings. The maximum Gasteiger partial charge on any atom is 0.218 e. The maximum atomic E-state index is 9.10. The topological polar surface area (TPSA) is 68.4 Å². The van der Waals surface area contributed by atoms with Crippen LogP contribution in [-0.2, 0) is 0 Å². The number of aromatic nitrogens is 1. The minimum atomic E-state index is -0.230. The van der Waals surface area contributed by atoms with Gasteiger partial charge in [0.2, 0.25) is 5.88 Å². The van der Waals surface area contributed by atoms with E-state index in [-0.39, 0.29) is 12.5 Å². The zero-order chi connectivity index (χ0) is 10.6. The summed E-state index contributed by atoms with van der Waals surface area (Å²) in [5.74, 6) is 0.188. The fourth-order valence-electron chi connectivity index (χ4n) is 1.25. The zero-order valence-electron chi connectivity index (χ0n) is 7.90. The minimum absolute atomic E-state index is 0.0712. The first kappa shape index (κ1) is 11.2. The van der Waals surface area contributed by atoms with E-state index in [1.165, 1.54) is 7.11 Å². The van der Waals surface area contributed by atoms with Gasteiger partial charge in [-0.25, -0.2) is 4.98 Å². The van der Waals surface area contributed by atoms with Crippen LogP contribution in [0.2, 0.25) is 5.02 Å². The Morgan fingerprint density at radius 3 is 2.93 bits per heavy atom. The molecule has 0 aromatic carbocycles. The lowest BCUT2D eigenvalue weighted by Gasteiger charge is -2.16. The molecule has 78 valence electrons. The SMILES string of the molecule is COc1nccc(Cl)c1C(CN)CO. The van der Waals surface area contributed by atoms with Gasteiger partial charge < -0.3 is 15.6 Å². The number of hydrogen-bond acceptors (Lipinski definition) is 4. The molecule has 1 rings (SSSR count). The summed E-state index contributed by atoms with van der Waals surface area (Å²) in [4.78, 5) is 4.00. The number of rotatable bonds is 4. The van der Waals surface area contributed by atoms with Crippen LogP contribution in [0, 0.1) is 0 Å². The van der Waals surface area contributed by atoms with E-state index in [4.69, 9.17) is 27.2 Å². The summed E-state index contributed by atoms with van der Waals surface area (Å²) < 4.78 is 5.05. The maximum absolute atomic E-state index is 9.10. The van der Waals surface area contributed by atoms with E-state index in [0.29, 0.717) is 23.0 Å². The fraction of sp³-hybridized carbons (Fsp3) is 0.444. The summed E-state index contributed by atoms with van der Waals surface area (Å²) in [6.45, 7) is 0.233. The van der Waals surface area contributed by atoms with Crippen molar-refractivity contribution >= 4 is 11.6 Å². The molecule has 5 heteroatoms. The van der Waals surface area contributed by atoms with Crippen LogP contribution in [0.25, 0.3) is 0 Å². The molecule has 0 aliphatic heterocycles. The summed E-state index contributed by atoms with van der Waals surface area (Å²) in [5.41, 5.74) is 6.17. The summed E-state index contributed by atoms with van der Waals surface area (Å²) in [5, 5.41) is 9.62. The molecule has 0 aliphatic carbocycles. The third-order valence-corrected chi connectivity index (χ3v) is 2.34. The van der Waals surface area contributed by atoms with Crippen LogP contribution < -0.4 is 10.5 Å². The Hall–Kier alpha value is -0.840. The van der Waals surface area contributed by atoms with E-state index in [2.05, 4.69) is 4.98 Å². The van der Waals surface area contributed by atoms with E-state index in [1.807, 2.05) is 0 Å². The second-order valence-electron chi connectivity index (χ2n) is 2.83. The summed E-state index contributed by atoms with van der Waals surface area (Å²) in [6, 6.07) is 1.65. The smallest absolute Gasteiger partial charge is 0.218 e. The van der Waals surface area contributed by atoms with E-state index in [1.54, 1.807) is 12.3 Å². The highest BCUT2D eigenvalue weighted by molar-refractivity contribution is 6.31. The Kier molecular flexibility index (Phi) is 4.13. The summed E-state index contributed by atoms with van der Waals surface area (Å²) in [6.07, 6.45) is 1.55. The second-order valence-corrected chi connectivity index (χ2v) is 3.24. The van der Waals surface area contributed by atoms with Crippen LogP contribution in [0.3, 0.4) is 0 Å². The predicted octanol–water partition coefficient (Wildman–Crippen LogP) is 0.778. The van der Waals surface area contributed by atoms with Crippen molar-refractivity contribution < 1.29 is 9.84 Å². The Morgan fingerprint density at radius 1 is 1.71 bits per heavy atom. The fourth-order valence-corrected chi connectivity index (χ4v) is 1.54. The number of nitrogens with two attached hydrogens (primary N) is 1. The highest BCUT2D eigenvalue weighted by atomic mass is 35.5. The van der Waals surface area contributed by atoms with Crippen molar-refractivity contribution in [3.05, 3.63) is 22.8 Å². The molecule has 3 N–H and O–H groups in total. The van der Waals surface area contributed by atoms with E-state index < -0.39 is 0 Å². The van der Waals surface area contributed by atoms with Crippen molar-refractivity contribution in [1.29, 1.82) is 0 Å². The van der Waals surface area contributed by atoms with Crippen LogP contribution in [0.15, 0.2) is 12.3 Å². The molecule has 0 saturated heterocycles.